The molecular formula is C29H30O4. The number of carbonyl (C=O) groups is 2. The number of aliphatic hydroxyl groups is 1. The van der Waals surface area contributed by atoms with Crippen molar-refractivity contribution in [3.8, 4) is 0 Å². The van der Waals surface area contributed by atoms with Crippen LogP contribution in [0.3, 0.4) is 0 Å². The van der Waals surface area contributed by atoms with E-state index in [1.807, 2.05) is 36.4 Å². The Bertz CT molecular complexity index is 1150. The molecule has 0 saturated heterocycles. The van der Waals surface area contributed by atoms with E-state index in [-0.39, 0.29) is 17.8 Å². The number of hydrogen-bond acceptors (Lipinski definition) is 4. The average molecular weight is 443 g/mol. The SMILES string of the molecule is COC(=O)c1ccc(CC[C@H]2C(=O)CC[C@H]2C=CC(O)Cc2ccc3ccccc3c2)cc1. The molecule has 1 unspecified atom stereocenters. The predicted molar refractivity (Wildman–Crippen MR) is 130 cm³/mol. The highest BCUT2D eigenvalue weighted by molar-refractivity contribution is 5.89. The van der Waals surface area contributed by atoms with E-state index in [4.69, 9.17) is 4.74 Å². The molecule has 4 heteroatoms. The molecule has 0 aliphatic heterocycles. The number of hydrogen-bond donors (Lipinski definition) is 1. The Morgan fingerprint density at radius 2 is 1.79 bits per heavy atom. The van der Waals surface area contributed by atoms with Gasteiger partial charge >= 0.3 is 5.97 Å². The zero-order valence-corrected chi connectivity index (χ0v) is 18.9. The van der Waals surface area contributed by atoms with Crippen molar-refractivity contribution in [1.82, 2.24) is 0 Å². The molecule has 0 aromatic heterocycles. The average Bonchev–Trinajstić information content (AvgIpc) is 3.20. The van der Waals surface area contributed by atoms with Gasteiger partial charge in [-0.15, -0.1) is 0 Å². The number of Topliss-reactive ketones (excluding diaryl/α,β-unsaturated/α-hetero) is 1. The van der Waals surface area contributed by atoms with Crippen molar-refractivity contribution in [3.63, 3.8) is 0 Å². The molecule has 4 rings (SSSR count). The fraction of sp³-hybridized carbons (Fsp3) is 0.310. The number of rotatable bonds is 8. The number of methoxy groups -OCH3 is 1. The van der Waals surface area contributed by atoms with E-state index in [2.05, 4.69) is 30.3 Å². The van der Waals surface area contributed by atoms with Gasteiger partial charge in [0.05, 0.1) is 18.8 Å². The van der Waals surface area contributed by atoms with Gasteiger partial charge in [0, 0.05) is 18.8 Å². The van der Waals surface area contributed by atoms with Gasteiger partial charge in [0.15, 0.2) is 0 Å². The molecule has 170 valence electrons. The van der Waals surface area contributed by atoms with E-state index in [0.717, 1.165) is 30.4 Å². The summed E-state index contributed by atoms with van der Waals surface area (Å²) in [4.78, 5) is 24.1. The minimum Gasteiger partial charge on any atom is -0.465 e. The minimum absolute atomic E-state index is 0.0191. The lowest BCUT2D eigenvalue weighted by atomic mass is 9.88. The van der Waals surface area contributed by atoms with Crippen LogP contribution in [-0.2, 0) is 22.4 Å². The van der Waals surface area contributed by atoms with Crippen molar-refractivity contribution in [3.05, 3.63) is 95.6 Å². The number of aryl methyl sites for hydroxylation is 1. The second-order valence-electron chi connectivity index (χ2n) is 8.84. The van der Waals surface area contributed by atoms with Crippen molar-refractivity contribution < 1.29 is 19.4 Å². The summed E-state index contributed by atoms with van der Waals surface area (Å²) in [5.41, 5.74) is 2.72. The van der Waals surface area contributed by atoms with Gasteiger partial charge < -0.3 is 9.84 Å². The maximum absolute atomic E-state index is 12.5. The molecule has 3 aromatic rings. The molecule has 0 heterocycles. The monoisotopic (exact) mass is 442 g/mol. The highest BCUT2D eigenvalue weighted by atomic mass is 16.5. The Kier molecular flexibility index (Phi) is 7.36. The maximum atomic E-state index is 12.5. The molecule has 0 amide bonds. The summed E-state index contributed by atoms with van der Waals surface area (Å²) < 4.78 is 4.74. The van der Waals surface area contributed by atoms with Crippen LogP contribution in [0.2, 0.25) is 0 Å². The zero-order valence-electron chi connectivity index (χ0n) is 18.9. The fourth-order valence-corrected chi connectivity index (χ4v) is 4.73. The van der Waals surface area contributed by atoms with Gasteiger partial charge in [-0.05, 0) is 59.2 Å². The molecule has 0 spiro atoms. The number of esters is 1. The van der Waals surface area contributed by atoms with E-state index in [0.29, 0.717) is 24.2 Å². The Labute approximate surface area is 194 Å². The number of allylic oxidation sites excluding steroid dienone is 1. The molecule has 0 radical (unpaired) electrons. The van der Waals surface area contributed by atoms with Crippen molar-refractivity contribution in [2.75, 3.05) is 7.11 Å². The summed E-state index contributed by atoms with van der Waals surface area (Å²) in [7, 11) is 1.37. The van der Waals surface area contributed by atoms with E-state index in [1.54, 1.807) is 12.1 Å². The molecule has 1 aliphatic carbocycles. The third kappa shape index (κ3) is 5.77. The van der Waals surface area contributed by atoms with E-state index in [1.165, 1.54) is 17.9 Å². The minimum atomic E-state index is -0.576. The molecule has 1 fully saturated rings. The molecule has 0 bridgehead atoms. The Balaban J connectivity index is 1.34. The summed E-state index contributed by atoms with van der Waals surface area (Å²) in [6.07, 6.45) is 6.87. The van der Waals surface area contributed by atoms with Gasteiger partial charge in [-0.2, -0.15) is 0 Å². The second kappa shape index (κ2) is 10.6. The largest absolute Gasteiger partial charge is 0.465 e. The summed E-state index contributed by atoms with van der Waals surface area (Å²) in [6.45, 7) is 0. The van der Waals surface area contributed by atoms with Crippen LogP contribution < -0.4 is 0 Å². The summed E-state index contributed by atoms with van der Waals surface area (Å²) in [5, 5.41) is 12.9. The Morgan fingerprint density at radius 3 is 2.55 bits per heavy atom. The van der Waals surface area contributed by atoms with E-state index in [9.17, 15) is 14.7 Å². The topological polar surface area (TPSA) is 63.6 Å². The van der Waals surface area contributed by atoms with E-state index < -0.39 is 6.10 Å². The Hall–Kier alpha value is -3.24. The second-order valence-corrected chi connectivity index (χ2v) is 8.84. The number of aliphatic hydroxyl groups excluding tert-OH is 1. The van der Waals surface area contributed by atoms with Crippen molar-refractivity contribution in [2.24, 2.45) is 11.8 Å². The highest BCUT2D eigenvalue weighted by Gasteiger charge is 2.32. The first-order chi connectivity index (χ1) is 16.0. The maximum Gasteiger partial charge on any atom is 0.337 e. The number of fused-ring (bicyclic) bond motifs is 1. The highest BCUT2D eigenvalue weighted by Crippen LogP contribution is 2.33. The first-order valence-corrected chi connectivity index (χ1v) is 11.6. The van der Waals surface area contributed by atoms with Gasteiger partial charge in [-0.25, -0.2) is 4.79 Å². The number of ketones is 1. The van der Waals surface area contributed by atoms with Gasteiger partial charge in [-0.3, -0.25) is 4.79 Å². The molecule has 3 atom stereocenters. The first-order valence-electron chi connectivity index (χ1n) is 11.6. The molecule has 1 N–H and O–H groups in total. The Morgan fingerprint density at radius 1 is 1.06 bits per heavy atom. The fourth-order valence-electron chi connectivity index (χ4n) is 4.73. The standard InChI is InChI=1S/C29H30O4/c1-33-29(32)24-11-6-20(7-12-24)9-16-27-23(14-17-28(27)31)13-15-26(30)19-21-8-10-22-4-2-3-5-25(22)18-21/h2-8,10-13,15,18,23,26-27,30H,9,14,16-17,19H2,1H3/t23-,26?,27-/m1/s1. The summed E-state index contributed by atoms with van der Waals surface area (Å²) in [5.74, 6) is 0.104. The molecule has 4 nitrogen and oxygen atoms in total. The quantitative estimate of drug-likeness (QED) is 0.379. The van der Waals surface area contributed by atoms with Crippen LogP contribution >= 0.6 is 0 Å². The van der Waals surface area contributed by atoms with Crippen molar-refractivity contribution in [2.45, 2.75) is 38.2 Å². The zero-order chi connectivity index (χ0) is 23.2. The smallest absolute Gasteiger partial charge is 0.337 e. The molecule has 3 aromatic carbocycles. The van der Waals surface area contributed by atoms with Gasteiger partial charge in [0.25, 0.3) is 0 Å². The summed E-state index contributed by atoms with van der Waals surface area (Å²) >= 11 is 0. The van der Waals surface area contributed by atoms with Gasteiger partial charge in [0.2, 0.25) is 0 Å². The van der Waals surface area contributed by atoms with Crippen molar-refractivity contribution >= 4 is 22.5 Å². The molecular weight excluding hydrogens is 412 g/mol. The normalized spacial score (nSPS) is 19.3. The van der Waals surface area contributed by atoms with Crippen LogP contribution in [0.15, 0.2) is 78.9 Å². The third-order valence-electron chi connectivity index (χ3n) is 6.61. The van der Waals surface area contributed by atoms with Crippen LogP contribution in [-0.4, -0.2) is 30.1 Å². The van der Waals surface area contributed by atoms with Crippen LogP contribution in [0.5, 0.6) is 0 Å². The lowest BCUT2D eigenvalue weighted by Crippen LogP contribution is -2.15. The molecule has 1 aliphatic rings. The van der Waals surface area contributed by atoms with Crippen LogP contribution in [0.1, 0.15) is 40.7 Å². The van der Waals surface area contributed by atoms with Gasteiger partial charge in [0.1, 0.15) is 5.78 Å². The van der Waals surface area contributed by atoms with E-state index >= 15 is 0 Å². The van der Waals surface area contributed by atoms with Crippen LogP contribution in [0, 0.1) is 11.8 Å². The van der Waals surface area contributed by atoms with Crippen LogP contribution in [0.25, 0.3) is 10.8 Å². The molecule has 33 heavy (non-hydrogen) atoms. The van der Waals surface area contributed by atoms with Crippen molar-refractivity contribution in [1.29, 1.82) is 0 Å². The van der Waals surface area contributed by atoms with Gasteiger partial charge in [-0.1, -0.05) is 66.7 Å². The lowest BCUT2D eigenvalue weighted by Gasteiger charge is -2.16. The number of carbonyl (C=O) groups excluding carboxylic acids is 2. The number of benzene rings is 3. The molecule has 1 saturated carbocycles. The number of ether oxygens (including phenoxy) is 1. The first kappa shape index (κ1) is 22.9. The van der Waals surface area contributed by atoms with Crippen LogP contribution in [0.4, 0.5) is 0 Å². The third-order valence-corrected chi connectivity index (χ3v) is 6.61. The lowest BCUT2D eigenvalue weighted by molar-refractivity contribution is -0.121. The summed E-state index contributed by atoms with van der Waals surface area (Å²) in [6, 6.07) is 21.9. The predicted octanol–water partition coefficient (Wildman–Crippen LogP) is 5.31.